The third-order valence-corrected chi connectivity index (χ3v) is 3.79. The summed E-state index contributed by atoms with van der Waals surface area (Å²) in [6, 6.07) is 4.30. The van der Waals surface area contributed by atoms with Crippen molar-refractivity contribution >= 4 is 17.2 Å². The Labute approximate surface area is 108 Å². The Bertz CT molecular complexity index is 349. The second-order valence-electron chi connectivity index (χ2n) is 4.28. The van der Waals surface area contributed by atoms with Crippen LogP contribution in [0.3, 0.4) is 0 Å². The minimum Gasteiger partial charge on any atom is -0.344 e. The average Bonchev–Trinajstić information content (AvgIpc) is 2.71. The van der Waals surface area contributed by atoms with Crippen LogP contribution in [-0.2, 0) is 11.2 Å². The minimum absolute atomic E-state index is 0.244. The van der Waals surface area contributed by atoms with E-state index < -0.39 is 0 Å². The first-order chi connectivity index (χ1) is 8.13. The van der Waals surface area contributed by atoms with Gasteiger partial charge in [-0.2, -0.15) is 0 Å². The third-order valence-electron chi connectivity index (χ3n) is 2.73. The fourth-order valence-electron chi connectivity index (χ4n) is 1.63. The van der Waals surface area contributed by atoms with E-state index in [1.807, 2.05) is 25.4 Å². The van der Waals surface area contributed by atoms with Crippen LogP contribution in [0.1, 0.15) is 22.6 Å². The highest BCUT2D eigenvalue weighted by molar-refractivity contribution is 7.11. The molecule has 4 heteroatoms. The molecule has 0 aromatic carbocycles. The van der Waals surface area contributed by atoms with Crippen LogP contribution in [0.4, 0.5) is 0 Å². The van der Waals surface area contributed by atoms with Crippen molar-refractivity contribution in [2.75, 3.05) is 27.2 Å². The summed E-state index contributed by atoms with van der Waals surface area (Å²) < 4.78 is 0. The Kier molecular flexibility index (Phi) is 6.22. The third kappa shape index (κ3) is 5.33. The molecule has 0 atom stereocenters. The molecule has 0 saturated heterocycles. The van der Waals surface area contributed by atoms with Crippen molar-refractivity contribution in [2.24, 2.45) is 0 Å². The maximum atomic E-state index is 11.7. The van der Waals surface area contributed by atoms with Crippen LogP contribution in [0.5, 0.6) is 0 Å². The van der Waals surface area contributed by atoms with Gasteiger partial charge in [0, 0.05) is 36.3 Å². The molecule has 1 amide bonds. The predicted octanol–water partition coefficient (Wildman–Crippen LogP) is 2.06. The Morgan fingerprint density at radius 3 is 2.82 bits per heavy atom. The van der Waals surface area contributed by atoms with E-state index in [4.69, 9.17) is 0 Å². The van der Waals surface area contributed by atoms with E-state index >= 15 is 0 Å². The van der Waals surface area contributed by atoms with E-state index in [-0.39, 0.29) is 5.91 Å². The highest BCUT2D eigenvalue weighted by Gasteiger charge is 2.07. The number of likely N-dealkylation sites (N-methyl/N-ethyl adjacent to an activating group) is 2. The molecule has 0 aliphatic heterocycles. The van der Waals surface area contributed by atoms with Crippen molar-refractivity contribution in [1.29, 1.82) is 0 Å². The molecule has 1 heterocycles. The van der Waals surface area contributed by atoms with Gasteiger partial charge in [0.2, 0.25) is 5.91 Å². The van der Waals surface area contributed by atoms with Crippen molar-refractivity contribution in [3.05, 3.63) is 21.9 Å². The van der Waals surface area contributed by atoms with E-state index in [2.05, 4.69) is 24.4 Å². The zero-order valence-corrected chi connectivity index (χ0v) is 11.8. The maximum absolute atomic E-state index is 11.7. The van der Waals surface area contributed by atoms with Gasteiger partial charge in [-0.3, -0.25) is 4.79 Å². The van der Waals surface area contributed by atoms with Gasteiger partial charge in [0.05, 0.1) is 0 Å². The lowest BCUT2D eigenvalue weighted by Crippen LogP contribution is -2.32. The first-order valence-corrected chi connectivity index (χ1v) is 6.89. The second kappa shape index (κ2) is 7.45. The van der Waals surface area contributed by atoms with E-state index in [1.54, 1.807) is 4.90 Å². The summed E-state index contributed by atoms with van der Waals surface area (Å²) in [5, 5.41) is 3.05. The van der Waals surface area contributed by atoms with Gasteiger partial charge < -0.3 is 10.2 Å². The van der Waals surface area contributed by atoms with E-state index in [9.17, 15) is 4.79 Å². The zero-order chi connectivity index (χ0) is 12.7. The highest BCUT2D eigenvalue weighted by Crippen LogP contribution is 2.17. The van der Waals surface area contributed by atoms with Gasteiger partial charge in [-0.05, 0) is 38.9 Å². The summed E-state index contributed by atoms with van der Waals surface area (Å²) in [4.78, 5) is 16.3. The quantitative estimate of drug-likeness (QED) is 0.808. The molecule has 1 aromatic heterocycles. The van der Waals surface area contributed by atoms with Crippen LogP contribution >= 0.6 is 11.3 Å². The molecule has 0 bridgehead atoms. The molecular formula is C13H22N2OS. The lowest BCUT2D eigenvalue weighted by atomic mass is 10.2. The first-order valence-electron chi connectivity index (χ1n) is 6.07. The van der Waals surface area contributed by atoms with Crippen molar-refractivity contribution in [3.63, 3.8) is 0 Å². The molecule has 0 aliphatic carbocycles. The van der Waals surface area contributed by atoms with Gasteiger partial charge in [0.25, 0.3) is 0 Å². The number of hydrogen-bond donors (Lipinski definition) is 1. The largest absolute Gasteiger partial charge is 0.344 e. The number of aryl methyl sites for hydroxylation is 2. The number of carbonyl (C=O) groups is 1. The lowest BCUT2D eigenvalue weighted by Gasteiger charge is -2.16. The molecule has 1 rings (SSSR count). The predicted molar refractivity (Wildman–Crippen MR) is 73.6 cm³/mol. The second-order valence-corrected chi connectivity index (χ2v) is 5.66. The smallest absolute Gasteiger partial charge is 0.222 e. The topological polar surface area (TPSA) is 32.3 Å². The van der Waals surface area contributed by atoms with E-state index in [0.29, 0.717) is 6.42 Å². The molecule has 0 aliphatic rings. The van der Waals surface area contributed by atoms with Crippen LogP contribution in [0.25, 0.3) is 0 Å². The Morgan fingerprint density at radius 2 is 2.24 bits per heavy atom. The molecule has 0 radical (unpaired) electrons. The molecule has 96 valence electrons. The van der Waals surface area contributed by atoms with Crippen LogP contribution < -0.4 is 5.32 Å². The number of thiophene rings is 1. The molecule has 0 unspecified atom stereocenters. The van der Waals surface area contributed by atoms with Crippen molar-refractivity contribution in [2.45, 2.75) is 26.2 Å². The van der Waals surface area contributed by atoms with Gasteiger partial charge in [-0.25, -0.2) is 0 Å². The lowest BCUT2D eigenvalue weighted by molar-refractivity contribution is -0.129. The summed E-state index contributed by atoms with van der Waals surface area (Å²) in [5.74, 6) is 0.244. The Morgan fingerprint density at radius 1 is 1.47 bits per heavy atom. The van der Waals surface area contributed by atoms with E-state index in [0.717, 1.165) is 25.9 Å². The van der Waals surface area contributed by atoms with Crippen molar-refractivity contribution in [1.82, 2.24) is 10.2 Å². The summed E-state index contributed by atoms with van der Waals surface area (Å²) in [6.07, 6.45) is 2.62. The maximum Gasteiger partial charge on any atom is 0.222 e. The first kappa shape index (κ1) is 14.2. The van der Waals surface area contributed by atoms with Crippen molar-refractivity contribution < 1.29 is 4.79 Å². The van der Waals surface area contributed by atoms with Crippen LogP contribution in [0.2, 0.25) is 0 Å². The standard InChI is InChI=1S/C13H22N2OS/c1-11-7-8-12(17-11)5-4-6-13(16)15(3)10-9-14-2/h7-8,14H,4-6,9-10H2,1-3H3. The fraction of sp³-hybridized carbons (Fsp3) is 0.615. The van der Waals surface area contributed by atoms with E-state index in [1.165, 1.54) is 9.75 Å². The number of amides is 1. The van der Waals surface area contributed by atoms with Gasteiger partial charge in [0.15, 0.2) is 0 Å². The Hall–Kier alpha value is -0.870. The number of nitrogens with one attached hydrogen (secondary N) is 1. The molecule has 0 saturated carbocycles. The Balaban J connectivity index is 2.19. The number of nitrogens with zero attached hydrogens (tertiary/aromatic N) is 1. The molecule has 1 N–H and O–H groups in total. The number of carbonyl (C=O) groups excluding carboxylic acids is 1. The highest BCUT2D eigenvalue weighted by atomic mass is 32.1. The van der Waals surface area contributed by atoms with Gasteiger partial charge in [-0.15, -0.1) is 11.3 Å². The summed E-state index contributed by atoms with van der Waals surface area (Å²) in [7, 11) is 3.77. The zero-order valence-electron chi connectivity index (χ0n) is 11.0. The normalized spacial score (nSPS) is 10.5. The molecule has 1 aromatic rings. The fourth-order valence-corrected chi connectivity index (χ4v) is 2.56. The molecule has 3 nitrogen and oxygen atoms in total. The van der Waals surface area contributed by atoms with Gasteiger partial charge >= 0.3 is 0 Å². The van der Waals surface area contributed by atoms with Crippen LogP contribution in [0.15, 0.2) is 12.1 Å². The van der Waals surface area contributed by atoms with Gasteiger partial charge in [0.1, 0.15) is 0 Å². The molecule has 17 heavy (non-hydrogen) atoms. The van der Waals surface area contributed by atoms with Crippen LogP contribution in [0, 0.1) is 6.92 Å². The average molecular weight is 254 g/mol. The summed E-state index contributed by atoms with van der Waals surface area (Å²) in [5.41, 5.74) is 0. The monoisotopic (exact) mass is 254 g/mol. The summed E-state index contributed by atoms with van der Waals surface area (Å²) >= 11 is 1.83. The SMILES string of the molecule is CNCCN(C)C(=O)CCCc1ccc(C)s1. The molecular weight excluding hydrogens is 232 g/mol. The van der Waals surface area contributed by atoms with Crippen LogP contribution in [-0.4, -0.2) is 38.0 Å². The van der Waals surface area contributed by atoms with Crippen molar-refractivity contribution in [3.8, 4) is 0 Å². The number of hydrogen-bond acceptors (Lipinski definition) is 3. The minimum atomic E-state index is 0.244. The molecule has 0 fully saturated rings. The van der Waals surface area contributed by atoms with Gasteiger partial charge in [-0.1, -0.05) is 0 Å². The number of rotatable bonds is 7. The molecule has 0 spiro atoms. The summed E-state index contributed by atoms with van der Waals surface area (Å²) in [6.45, 7) is 3.75.